The van der Waals surface area contributed by atoms with Crippen LogP contribution in [-0.4, -0.2) is 49.6 Å². The summed E-state index contributed by atoms with van der Waals surface area (Å²) in [6.07, 6.45) is 5.68. The summed E-state index contributed by atoms with van der Waals surface area (Å²) in [7, 11) is 0. The summed E-state index contributed by atoms with van der Waals surface area (Å²) in [5.41, 5.74) is 0.935. The van der Waals surface area contributed by atoms with Crippen LogP contribution in [0.5, 0.6) is 5.75 Å². The third-order valence-electron chi connectivity index (χ3n) is 6.09. The fraction of sp³-hybridized carbons (Fsp3) is 0.667. The predicted octanol–water partition coefficient (Wildman–Crippen LogP) is 2.39. The minimum absolute atomic E-state index is 0.0442. The molecule has 6 nitrogen and oxygen atoms in total. The van der Waals surface area contributed by atoms with Gasteiger partial charge in [0.15, 0.2) is 5.96 Å². The minimum atomic E-state index is -0.220. The van der Waals surface area contributed by atoms with Gasteiger partial charge < -0.3 is 25.2 Å². The molecule has 1 spiro atoms. The molecule has 2 heterocycles. The van der Waals surface area contributed by atoms with Crippen LogP contribution in [0.4, 0.5) is 0 Å². The van der Waals surface area contributed by atoms with Gasteiger partial charge in [0, 0.05) is 18.5 Å². The lowest BCUT2D eigenvalue weighted by atomic mass is 9.86. The number of hydrogen-bond acceptors (Lipinski definition) is 4. The molecule has 1 aromatic carbocycles. The molecule has 6 heteroatoms. The second-order valence-electron chi connectivity index (χ2n) is 8.28. The monoisotopic (exact) mass is 373 g/mol. The molecule has 0 aromatic heterocycles. The lowest BCUT2D eigenvalue weighted by Crippen LogP contribution is -2.50. The average molecular weight is 373 g/mol. The van der Waals surface area contributed by atoms with E-state index in [1.807, 2.05) is 6.07 Å². The van der Waals surface area contributed by atoms with E-state index < -0.39 is 0 Å². The number of rotatable bonds is 5. The molecule has 4 rings (SSSR count). The number of para-hydroxylation sites is 1. The van der Waals surface area contributed by atoms with E-state index in [0.29, 0.717) is 19.8 Å². The Labute approximate surface area is 161 Å². The Bertz CT molecular complexity index is 675. The van der Waals surface area contributed by atoms with E-state index in [1.54, 1.807) is 0 Å². The lowest BCUT2D eigenvalue weighted by molar-refractivity contribution is -0.130. The molecule has 3 aliphatic rings. The van der Waals surface area contributed by atoms with Crippen molar-refractivity contribution in [3.63, 3.8) is 0 Å². The maximum Gasteiger partial charge on any atom is 0.191 e. The molecule has 0 radical (unpaired) electrons. The van der Waals surface area contributed by atoms with Crippen LogP contribution in [0.15, 0.2) is 29.3 Å². The van der Waals surface area contributed by atoms with Gasteiger partial charge in [0.05, 0.1) is 37.8 Å². The van der Waals surface area contributed by atoms with Gasteiger partial charge in [0.1, 0.15) is 11.4 Å². The molecule has 1 aromatic rings. The highest BCUT2D eigenvalue weighted by Gasteiger charge is 2.43. The molecule has 27 heavy (non-hydrogen) atoms. The SMILES string of the molecule is CCNC(=NCC1(CO)COC1)NC1CC2(CCCC2)Oc2ccccc21. The number of aliphatic hydroxyl groups is 1. The first kappa shape index (κ1) is 18.6. The fourth-order valence-corrected chi connectivity index (χ4v) is 4.43. The van der Waals surface area contributed by atoms with Crippen LogP contribution >= 0.6 is 0 Å². The highest BCUT2D eigenvalue weighted by Crippen LogP contribution is 2.46. The van der Waals surface area contributed by atoms with E-state index in [4.69, 9.17) is 14.5 Å². The Kier molecular flexibility index (Phi) is 5.28. The third-order valence-corrected chi connectivity index (χ3v) is 6.09. The summed E-state index contributed by atoms with van der Waals surface area (Å²) in [6, 6.07) is 8.52. The molecule has 0 amide bonds. The summed E-state index contributed by atoms with van der Waals surface area (Å²) >= 11 is 0. The Morgan fingerprint density at radius 1 is 1.26 bits per heavy atom. The maximum atomic E-state index is 9.66. The van der Waals surface area contributed by atoms with Crippen molar-refractivity contribution in [1.29, 1.82) is 0 Å². The van der Waals surface area contributed by atoms with Gasteiger partial charge in [-0.25, -0.2) is 0 Å². The van der Waals surface area contributed by atoms with Crippen LogP contribution in [-0.2, 0) is 4.74 Å². The Morgan fingerprint density at radius 2 is 2.04 bits per heavy atom. The molecule has 1 atom stereocenters. The molecule has 2 aliphatic heterocycles. The molecular formula is C21H31N3O3. The Hall–Kier alpha value is -1.79. The smallest absolute Gasteiger partial charge is 0.191 e. The van der Waals surface area contributed by atoms with Crippen molar-refractivity contribution in [1.82, 2.24) is 10.6 Å². The van der Waals surface area contributed by atoms with Crippen molar-refractivity contribution in [2.75, 3.05) is 32.9 Å². The number of ether oxygens (including phenoxy) is 2. The van der Waals surface area contributed by atoms with Crippen LogP contribution < -0.4 is 15.4 Å². The van der Waals surface area contributed by atoms with E-state index in [1.165, 1.54) is 18.4 Å². The third kappa shape index (κ3) is 3.78. The second-order valence-corrected chi connectivity index (χ2v) is 8.28. The van der Waals surface area contributed by atoms with Gasteiger partial charge >= 0.3 is 0 Å². The molecule has 1 aliphatic carbocycles. The standard InChI is InChI=1S/C21H31N3O3/c1-2-22-19(23-12-20(13-25)14-26-15-20)24-17-11-21(9-5-6-10-21)27-18-8-4-3-7-16(17)18/h3-4,7-8,17,25H,2,5-6,9-15H2,1H3,(H2,22,23,24). The number of benzene rings is 1. The van der Waals surface area contributed by atoms with E-state index in [0.717, 1.165) is 37.5 Å². The minimum Gasteiger partial charge on any atom is -0.487 e. The van der Waals surface area contributed by atoms with E-state index in [9.17, 15) is 5.11 Å². The zero-order chi connectivity index (χ0) is 18.7. The fourth-order valence-electron chi connectivity index (χ4n) is 4.43. The largest absolute Gasteiger partial charge is 0.487 e. The number of nitrogens with one attached hydrogen (secondary N) is 2. The summed E-state index contributed by atoms with van der Waals surface area (Å²) in [4.78, 5) is 4.77. The number of nitrogens with zero attached hydrogens (tertiary/aromatic N) is 1. The highest BCUT2D eigenvalue weighted by atomic mass is 16.5. The number of fused-ring (bicyclic) bond motifs is 1. The molecule has 2 fully saturated rings. The van der Waals surface area contributed by atoms with Crippen LogP contribution in [0.25, 0.3) is 0 Å². The molecule has 0 bridgehead atoms. The van der Waals surface area contributed by atoms with Gasteiger partial charge in [-0.3, -0.25) is 4.99 Å². The normalized spacial score (nSPS) is 25.4. The number of aliphatic imine (C=N–C) groups is 1. The molecule has 1 saturated heterocycles. The van der Waals surface area contributed by atoms with Crippen molar-refractivity contribution < 1.29 is 14.6 Å². The van der Waals surface area contributed by atoms with Crippen molar-refractivity contribution in [2.24, 2.45) is 10.4 Å². The molecule has 1 saturated carbocycles. The van der Waals surface area contributed by atoms with Crippen LogP contribution in [0, 0.1) is 5.41 Å². The Balaban J connectivity index is 1.54. The van der Waals surface area contributed by atoms with Gasteiger partial charge in [-0.2, -0.15) is 0 Å². The van der Waals surface area contributed by atoms with E-state index in [-0.39, 0.29) is 23.7 Å². The average Bonchev–Trinajstić information content (AvgIpc) is 3.08. The number of aliphatic hydroxyl groups excluding tert-OH is 1. The highest BCUT2D eigenvalue weighted by molar-refractivity contribution is 5.80. The second kappa shape index (κ2) is 7.68. The predicted molar refractivity (Wildman–Crippen MR) is 105 cm³/mol. The molecule has 148 valence electrons. The first-order valence-electron chi connectivity index (χ1n) is 10.2. The molecular weight excluding hydrogens is 342 g/mol. The van der Waals surface area contributed by atoms with Crippen molar-refractivity contribution in [3.05, 3.63) is 29.8 Å². The summed E-state index contributed by atoms with van der Waals surface area (Å²) in [6.45, 7) is 4.70. The number of hydrogen-bond donors (Lipinski definition) is 3. The van der Waals surface area contributed by atoms with Gasteiger partial charge in [0.25, 0.3) is 0 Å². The van der Waals surface area contributed by atoms with Gasteiger partial charge in [-0.15, -0.1) is 0 Å². The van der Waals surface area contributed by atoms with Crippen LogP contribution in [0.3, 0.4) is 0 Å². The van der Waals surface area contributed by atoms with Crippen LogP contribution in [0.2, 0.25) is 0 Å². The summed E-state index contributed by atoms with van der Waals surface area (Å²) in [5, 5.41) is 16.7. The van der Waals surface area contributed by atoms with Crippen molar-refractivity contribution >= 4 is 5.96 Å². The van der Waals surface area contributed by atoms with E-state index >= 15 is 0 Å². The zero-order valence-electron chi connectivity index (χ0n) is 16.2. The van der Waals surface area contributed by atoms with E-state index in [2.05, 4.69) is 35.8 Å². The summed E-state index contributed by atoms with van der Waals surface area (Å²) in [5.74, 6) is 1.80. The maximum absolute atomic E-state index is 9.66. The van der Waals surface area contributed by atoms with Gasteiger partial charge in [0.2, 0.25) is 0 Å². The quantitative estimate of drug-likeness (QED) is 0.546. The lowest BCUT2D eigenvalue weighted by Gasteiger charge is -2.41. The number of guanidine groups is 1. The topological polar surface area (TPSA) is 75.1 Å². The summed E-state index contributed by atoms with van der Waals surface area (Å²) < 4.78 is 11.8. The van der Waals surface area contributed by atoms with Crippen LogP contribution in [0.1, 0.15) is 50.6 Å². The van der Waals surface area contributed by atoms with Gasteiger partial charge in [-0.1, -0.05) is 18.2 Å². The molecule has 1 unspecified atom stereocenters. The first-order chi connectivity index (χ1) is 13.2. The van der Waals surface area contributed by atoms with Crippen molar-refractivity contribution in [3.8, 4) is 5.75 Å². The molecule has 3 N–H and O–H groups in total. The Morgan fingerprint density at radius 3 is 2.70 bits per heavy atom. The zero-order valence-corrected chi connectivity index (χ0v) is 16.2. The van der Waals surface area contributed by atoms with Gasteiger partial charge in [-0.05, 0) is 38.7 Å². The first-order valence-corrected chi connectivity index (χ1v) is 10.2. The van der Waals surface area contributed by atoms with Crippen molar-refractivity contribution in [2.45, 2.75) is 50.7 Å².